The summed E-state index contributed by atoms with van der Waals surface area (Å²) in [6.45, 7) is 1.46. The first-order chi connectivity index (χ1) is 9.32. The number of aryl methyl sites for hydroxylation is 1. The van der Waals surface area contributed by atoms with Gasteiger partial charge in [0.25, 0.3) is 0 Å². The molecule has 1 N–H and O–H groups in total. The first kappa shape index (κ1) is 14.2. The monoisotopic (exact) mass is 285 g/mol. The van der Waals surface area contributed by atoms with Crippen LogP contribution in [0.5, 0.6) is 0 Å². The van der Waals surface area contributed by atoms with Crippen molar-refractivity contribution in [3.05, 3.63) is 41.3 Å². The van der Waals surface area contributed by atoms with Crippen LogP contribution in [0.3, 0.4) is 0 Å². The van der Waals surface area contributed by atoms with Gasteiger partial charge in [-0.3, -0.25) is 0 Å². The number of hydrogen-bond donors (Lipinski definition) is 1. The predicted molar refractivity (Wildman–Crippen MR) is 66.7 cm³/mol. The van der Waals surface area contributed by atoms with E-state index in [1.807, 2.05) is 0 Å². The van der Waals surface area contributed by atoms with Crippen LogP contribution in [0.25, 0.3) is 11.4 Å². The predicted octanol–water partition coefficient (Wildman–Crippen LogP) is 3.65. The lowest BCUT2D eigenvalue weighted by atomic mass is 10.1. The van der Waals surface area contributed by atoms with Gasteiger partial charge in [-0.05, 0) is 19.1 Å². The van der Waals surface area contributed by atoms with E-state index in [9.17, 15) is 17.6 Å². The van der Waals surface area contributed by atoms with E-state index in [0.717, 1.165) is 12.1 Å². The van der Waals surface area contributed by atoms with Gasteiger partial charge in [-0.25, -0.2) is 14.4 Å². The minimum atomic E-state index is -4.39. The third kappa shape index (κ3) is 2.71. The molecule has 7 heteroatoms. The summed E-state index contributed by atoms with van der Waals surface area (Å²) in [7, 11) is 1.50. The molecule has 0 bridgehead atoms. The zero-order valence-corrected chi connectivity index (χ0v) is 10.7. The molecule has 0 aliphatic carbocycles. The number of hydrogen-bond acceptors (Lipinski definition) is 3. The van der Waals surface area contributed by atoms with Crippen LogP contribution in [-0.4, -0.2) is 17.0 Å². The maximum Gasteiger partial charge on any atom is 0.416 e. The normalized spacial score (nSPS) is 11.5. The Labute approximate surface area is 112 Å². The number of halogens is 4. The molecule has 0 saturated heterocycles. The van der Waals surface area contributed by atoms with Gasteiger partial charge in [-0.1, -0.05) is 12.1 Å². The molecular formula is C13H11F4N3. The fourth-order valence-corrected chi connectivity index (χ4v) is 1.66. The van der Waals surface area contributed by atoms with E-state index in [4.69, 9.17) is 0 Å². The van der Waals surface area contributed by atoms with E-state index in [1.165, 1.54) is 26.1 Å². The number of nitrogens with one attached hydrogen (secondary N) is 1. The summed E-state index contributed by atoms with van der Waals surface area (Å²) in [5, 5.41) is 2.58. The summed E-state index contributed by atoms with van der Waals surface area (Å²) < 4.78 is 51.0. The summed E-state index contributed by atoms with van der Waals surface area (Å²) in [6, 6.07) is 4.40. The van der Waals surface area contributed by atoms with Crippen LogP contribution in [-0.2, 0) is 6.18 Å². The van der Waals surface area contributed by atoms with Gasteiger partial charge in [0.2, 0.25) is 0 Å². The van der Waals surface area contributed by atoms with Crippen molar-refractivity contribution in [3.63, 3.8) is 0 Å². The van der Waals surface area contributed by atoms with Gasteiger partial charge in [0.15, 0.2) is 17.5 Å². The maximum absolute atomic E-state index is 13.6. The van der Waals surface area contributed by atoms with Gasteiger partial charge in [0.1, 0.15) is 0 Å². The highest BCUT2D eigenvalue weighted by atomic mass is 19.4. The number of rotatable bonds is 2. The van der Waals surface area contributed by atoms with Crippen molar-refractivity contribution in [2.75, 3.05) is 12.4 Å². The van der Waals surface area contributed by atoms with Crippen molar-refractivity contribution in [1.29, 1.82) is 0 Å². The molecule has 2 aromatic rings. The second-order valence-corrected chi connectivity index (χ2v) is 4.12. The van der Waals surface area contributed by atoms with Crippen molar-refractivity contribution in [1.82, 2.24) is 9.97 Å². The van der Waals surface area contributed by atoms with Crippen molar-refractivity contribution in [3.8, 4) is 11.4 Å². The van der Waals surface area contributed by atoms with Gasteiger partial charge in [-0.2, -0.15) is 13.2 Å². The zero-order valence-electron chi connectivity index (χ0n) is 10.7. The first-order valence-electron chi connectivity index (χ1n) is 5.72. The third-order valence-corrected chi connectivity index (χ3v) is 2.72. The average Bonchev–Trinajstić information content (AvgIpc) is 2.41. The molecule has 0 radical (unpaired) electrons. The molecule has 0 unspecified atom stereocenters. The molecule has 0 amide bonds. The molecule has 1 aromatic heterocycles. The average molecular weight is 285 g/mol. The highest BCUT2D eigenvalue weighted by molar-refractivity contribution is 5.58. The number of anilines is 1. The van der Waals surface area contributed by atoms with E-state index in [1.54, 1.807) is 0 Å². The SMILES string of the molecule is CNc1nc(-c2ccc(C(F)(F)F)cc2)nc(C)c1F. The second-order valence-electron chi connectivity index (χ2n) is 4.12. The van der Waals surface area contributed by atoms with Crippen LogP contribution in [0, 0.1) is 12.7 Å². The summed E-state index contributed by atoms with van der Waals surface area (Å²) >= 11 is 0. The smallest absolute Gasteiger partial charge is 0.371 e. The molecule has 0 saturated carbocycles. The summed E-state index contributed by atoms with van der Waals surface area (Å²) in [5.74, 6) is -0.405. The molecule has 20 heavy (non-hydrogen) atoms. The zero-order chi connectivity index (χ0) is 14.9. The summed E-state index contributed by atoms with van der Waals surface area (Å²) in [4.78, 5) is 7.87. The van der Waals surface area contributed by atoms with E-state index < -0.39 is 17.6 Å². The lowest BCUT2D eigenvalue weighted by molar-refractivity contribution is -0.137. The van der Waals surface area contributed by atoms with Gasteiger partial charge in [0.05, 0.1) is 11.3 Å². The molecule has 106 valence electrons. The van der Waals surface area contributed by atoms with Crippen LogP contribution >= 0.6 is 0 Å². The van der Waals surface area contributed by atoms with Crippen LogP contribution in [0.2, 0.25) is 0 Å². The Bertz CT molecular complexity index is 621. The number of alkyl halides is 3. The second kappa shape index (κ2) is 5.07. The Morgan fingerprint density at radius 1 is 1.05 bits per heavy atom. The standard InChI is InChI=1S/C13H11F4N3/c1-7-10(14)12(18-2)20-11(19-7)8-3-5-9(6-4-8)13(15,16)17/h3-6H,1-2H3,(H,18,19,20). The van der Waals surface area contributed by atoms with Gasteiger partial charge in [-0.15, -0.1) is 0 Å². The first-order valence-corrected chi connectivity index (χ1v) is 5.72. The highest BCUT2D eigenvalue weighted by Crippen LogP contribution is 2.30. The molecule has 0 spiro atoms. The summed E-state index contributed by atoms with van der Waals surface area (Å²) in [6.07, 6.45) is -4.39. The molecule has 3 nitrogen and oxygen atoms in total. The third-order valence-electron chi connectivity index (χ3n) is 2.72. The van der Waals surface area contributed by atoms with Gasteiger partial charge >= 0.3 is 6.18 Å². The Morgan fingerprint density at radius 3 is 2.15 bits per heavy atom. The number of benzene rings is 1. The van der Waals surface area contributed by atoms with Crippen LogP contribution in [0.4, 0.5) is 23.4 Å². The minimum absolute atomic E-state index is 0.00685. The molecule has 0 aliphatic rings. The lowest BCUT2D eigenvalue weighted by Crippen LogP contribution is -2.05. The summed E-state index contributed by atoms with van der Waals surface area (Å²) in [5.41, 5.74) is -0.245. The lowest BCUT2D eigenvalue weighted by Gasteiger charge is -2.09. The van der Waals surface area contributed by atoms with Crippen LogP contribution in [0.1, 0.15) is 11.3 Å². The minimum Gasteiger partial charge on any atom is -0.371 e. The van der Waals surface area contributed by atoms with E-state index >= 15 is 0 Å². The van der Waals surface area contributed by atoms with Crippen molar-refractivity contribution in [2.24, 2.45) is 0 Å². The van der Waals surface area contributed by atoms with Crippen molar-refractivity contribution < 1.29 is 17.6 Å². The molecule has 0 atom stereocenters. The molecule has 2 rings (SSSR count). The molecule has 1 heterocycles. The van der Waals surface area contributed by atoms with E-state index in [0.29, 0.717) is 5.56 Å². The fraction of sp³-hybridized carbons (Fsp3) is 0.231. The van der Waals surface area contributed by atoms with Gasteiger partial charge < -0.3 is 5.32 Å². The highest BCUT2D eigenvalue weighted by Gasteiger charge is 2.30. The molecule has 0 fully saturated rings. The number of nitrogens with zero attached hydrogens (tertiary/aromatic N) is 2. The van der Waals surface area contributed by atoms with Crippen LogP contribution < -0.4 is 5.32 Å². The topological polar surface area (TPSA) is 37.8 Å². The Balaban J connectivity index is 2.44. The quantitative estimate of drug-likeness (QED) is 0.856. The maximum atomic E-state index is 13.6. The largest absolute Gasteiger partial charge is 0.416 e. The number of aromatic nitrogens is 2. The Hall–Kier alpha value is -2.18. The van der Waals surface area contributed by atoms with E-state index in [-0.39, 0.29) is 17.3 Å². The Morgan fingerprint density at radius 2 is 1.65 bits per heavy atom. The van der Waals surface area contributed by atoms with Crippen LogP contribution in [0.15, 0.2) is 24.3 Å². The Kier molecular flexibility index (Phi) is 3.61. The van der Waals surface area contributed by atoms with Crippen molar-refractivity contribution >= 4 is 5.82 Å². The fourth-order valence-electron chi connectivity index (χ4n) is 1.66. The van der Waals surface area contributed by atoms with Crippen molar-refractivity contribution in [2.45, 2.75) is 13.1 Å². The van der Waals surface area contributed by atoms with E-state index in [2.05, 4.69) is 15.3 Å². The molecule has 1 aromatic carbocycles. The molecule has 0 aliphatic heterocycles. The molecular weight excluding hydrogens is 274 g/mol. The van der Waals surface area contributed by atoms with Gasteiger partial charge in [0, 0.05) is 12.6 Å².